The second kappa shape index (κ2) is 6.52. The summed E-state index contributed by atoms with van der Waals surface area (Å²) in [6.45, 7) is 5.34. The van der Waals surface area contributed by atoms with Gasteiger partial charge in [-0.1, -0.05) is 37.3 Å². The Labute approximate surface area is 136 Å². The van der Waals surface area contributed by atoms with E-state index in [0.717, 1.165) is 0 Å². The highest BCUT2D eigenvalue weighted by Crippen LogP contribution is 2.44. The maximum absolute atomic E-state index is 12.9. The first-order valence-corrected chi connectivity index (χ1v) is 7.73. The van der Waals surface area contributed by atoms with E-state index in [1.54, 1.807) is 38.1 Å². The quantitative estimate of drug-likeness (QED) is 0.474. The van der Waals surface area contributed by atoms with Gasteiger partial charge in [0.1, 0.15) is 5.60 Å². The largest absolute Gasteiger partial charge is 0.468 e. The molecule has 0 aromatic heterocycles. The number of rotatable bonds is 5. The maximum Gasteiger partial charge on any atom is 0.321 e. The Hall–Kier alpha value is -2.17. The van der Waals surface area contributed by atoms with Gasteiger partial charge in [0, 0.05) is 17.4 Å². The average molecular weight is 318 g/mol. The molecule has 0 spiro atoms. The van der Waals surface area contributed by atoms with Gasteiger partial charge in [-0.15, -0.1) is 0 Å². The molecule has 5 nitrogen and oxygen atoms in total. The van der Waals surface area contributed by atoms with Crippen LogP contribution in [-0.2, 0) is 19.1 Å². The van der Waals surface area contributed by atoms with Gasteiger partial charge in [-0.05, 0) is 20.3 Å². The third-order valence-corrected chi connectivity index (χ3v) is 4.50. The van der Waals surface area contributed by atoms with Crippen molar-refractivity contribution in [1.82, 2.24) is 0 Å². The minimum Gasteiger partial charge on any atom is -0.468 e. The third kappa shape index (κ3) is 3.14. The Balaban J connectivity index is 2.42. The molecule has 0 amide bonds. The molecule has 0 saturated carbocycles. The van der Waals surface area contributed by atoms with E-state index in [9.17, 15) is 14.4 Å². The molecular weight excluding hydrogens is 296 g/mol. The van der Waals surface area contributed by atoms with E-state index in [4.69, 9.17) is 9.47 Å². The number of methoxy groups -OCH3 is 1. The number of carbonyl (C=O) groups excluding carboxylic acids is 3. The normalized spacial score (nSPS) is 23.9. The molecule has 0 unspecified atom stereocenters. The van der Waals surface area contributed by atoms with Crippen LogP contribution >= 0.6 is 0 Å². The zero-order valence-corrected chi connectivity index (χ0v) is 13.9. The van der Waals surface area contributed by atoms with E-state index >= 15 is 0 Å². The molecule has 124 valence electrons. The number of ketones is 1. The first-order chi connectivity index (χ1) is 10.8. The van der Waals surface area contributed by atoms with Crippen LogP contribution in [0.5, 0.6) is 0 Å². The van der Waals surface area contributed by atoms with Crippen LogP contribution < -0.4 is 0 Å². The van der Waals surface area contributed by atoms with Crippen molar-refractivity contribution in [3.05, 3.63) is 35.9 Å². The fourth-order valence-electron chi connectivity index (χ4n) is 3.44. The highest BCUT2D eigenvalue weighted by atomic mass is 16.6. The lowest BCUT2D eigenvalue weighted by atomic mass is 9.70. The molecule has 5 heteroatoms. The molecule has 0 radical (unpaired) electrons. The summed E-state index contributed by atoms with van der Waals surface area (Å²) >= 11 is 0. The van der Waals surface area contributed by atoms with Crippen molar-refractivity contribution in [2.24, 2.45) is 17.8 Å². The van der Waals surface area contributed by atoms with Gasteiger partial charge in [0.05, 0.1) is 7.11 Å². The minimum absolute atomic E-state index is 0.0848. The van der Waals surface area contributed by atoms with Crippen molar-refractivity contribution in [1.29, 1.82) is 0 Å². The van der Waals surface area contributed by atoms with Crippen LogP contribution in [-0.4, -0.2) is 30.4 Å². The van der Waals surface area contributed by atoms with Gasteiger partial charge in [-0.2, -0.15) is 0 Å². The number of ether oxygens (including phenoxy) is 2. The second-order valence-corrected chi connectivity index (χ2v) is 6.30. The molecule has 1 aromatic rings. The number of hydrogen-bond acceptors (Lipinski definition) is 5. The van der Waals surface area contributed by atoms with Crippen LogP contribution in [0.4, 0.5) is 0 Å². The lowest BCUT2D eigenvalue weighted by Crippen LogP contribution is -2.42. The summed E-state index contributed by atoms with van der Waals surface area (Å²) in [5.74, 6) is -3.47. The second-order valence-electron chi connectivity index (χ2n) is 6.30. The van der Waals surface area contributed by atoms with Crippen LogP contribution in [0.2, 0.25) is 0 Å². The van der Waals surface area contributed by atoms with E-state index in [-0.39, 0.29) is 5.78 Å². The van der Waals surface area contributed by atoms with Crippen LogP contribution in [0.25, 0.3) is 0 Å². The van der Waals surface area contributed by atoms with Crippen LogP contribution in [0.15, 0.2) is 30.3 Å². The topological polar surface area (TPSA) is 69.7 Å². The molecule has 1 heterocycles. The molecule has 1 saturated heterocycles. The van der Waals surface area contributed by atoms with Gasteiger partial charge in [-0.3, -0.25) is 14.4 Å². The van der Waals surface area contributed by atoms with E-state index < -0.39 is 35.3 Å². The van der Waals surface area contributed by atoms with Crippen molar-refractivity contribution in [2.45, 2.75) is 32.8 Å². The van der Waals surface area contributed by atoms with Crippen LogP contribution in [0.1, 0.15) is 37.6 Å². The van der Waals surface area contributed by atoms with Gasteiger partial charge in [0.25, 0.3) is 0 Å². The van der Waals surface area contributed by atoms with Gasteiger partial charge in [-0.25, -0.2) is 0 Å². The molecule has 3 atom stereocenters. The number of cyclic esters (lactones) is 1. The molecular formula is C18H22O5. The smallest absolute Gasteiger partial charge is 0.321 e. The maximum atomic E-state index is 12.9. The lowest BCUT2D eigenvalue weighted by Gasteiger charge is -2.32. The van der Waals surface area contributed by atoms with Gasteiger partial charge in [0.2, 0.25) is 0 Å². The molecule has 0 N–H and O–H groups in total. The Morgan fingerprint density at radius 3 is 2.39 bits per heavy atom. The summed E-state index contributed by atoms with van der Waals surface area (Å²) in [5, 5.41) is 0. The predicted molar refractivity (Wildman–Crippen MR) is 83.7 cm³/mol. The number of hydrogen-bond donors (Lipinski definition) is 0. The van der Waals surface area contributed by atoms with Crippen molar-refractivity contribution < 1.29 is 23.9 Å². The third-order valence-electron chi connectivity index (χ3n) is 4.50. The summed E-state index contributed by atoms with van der Waals surface area (Å²) in [4.78, 5) is 37.1. The number of benzene rings is 1. The molecule has 23 heavy (non-hydrogen) atoms. The van der Waals surface area contributed by atoms with E-state index in [1.165, 1.54) is 7.11 Å². The molecule has 0 aliphatic carbocycles. The van der Waals surface area contributed by atoms with Crippen molar-refractivity contribution >= 4 is 17.7 Å². The summed E-state index contributed by atoms with van der Waals surface area (Å²) in [5.41, 5.74) is -0.334. The molecule has 2 rings (SSSR count). The standard InChI is InChI=1S/C18H22O5/c1-5-12(15(19)11-9-7-6-8-10-11)14-13(16(20)22-4)17(21)23-18(14,2)3/h6-10,12-14H,5H2,1-4H3/t12-,13-,14+/m0/s1. The first-order valence-electron chi connectivity index (χ1n) is 7.73. The Morgan fingerprint density at radius 1 is 1.26 bits per heavy atom. The summed E-state index contributed by atoms with van der Waals surface area (Å²) < 4.78 is 10.1. The number of esters is 2. The van der Waals surface area contributed by atoms with Crippen LogP contribution in [0.3, 0.4) is 0 Å². The summed E-state index contributed by atoms with van der Waals surface area (Å²) in [6, 6.07) is 8.89. The Kier molecular flexibility index (Phi) is 4.88. The van der Waals surface area contributed by atoms with Crippen LogP contribution in [0, 0.1) is 17.8 Å². The van der Waals surface area contributed by atoms with E-state index in [2.05, 4.69) is 0 Å². The van der Waals surface area contributed by atoms with Gasteiger partial charge >= 0.3 is 11.9 Å². The van der Waals surface area contributed by atoms with E-state index in [1.807, 2.05) is 13.0 Å². The summed E-state index contributed by atoms with van der Waals surface area (Å²) in [6.07, 6.45) is 0.506. The van der Waals surface area contributed by atoms with Crippen molar-refractivity contribution in [2.75, 3.05) is 7.11 Å². The molecule has 1 fully saturated rings. The average Bonchev–Trinajstić information content (AvgIpc) is 2.77. The predicted octanol–water partition coefficient (Wildman–Crippen LogP) is 2.64. The zero-order chi connectivity index (χ0) is 17.2. The zero-order valence-electron chi connectivity index (χ0n) is 13.9. The number of Topliss-reactive ketones (excluding diaryl/α,β-unsaturated/α-hetero) is 1. The van der Waals surface area contributed by atoms with E-state index in [0.29, 0.717) is 12.0 Å². The lowest BCUT2D eigenvalue weighted by molar-refractivity contribution is -0.156. The Morgan fingerprint density at radius 2 is 1.87 bits per heavy atom. The van der Waals surface area contributed by atoms with Gasteiger partial charge in [0.15, 0.2) is 11.7 Å². The summed E-state index contributed by atoms with van der Waals surface area (Å²) in [7, 11) is 1.23. The Bertz CT molecular complexity index is 605. The highest BCUT2D eigenvalue weighted by Gasteiger charge is 2.57. The minimum atomic E-state index is -1.06. The molecule has 1 aromatic carbocycles. The molecule has 0 bridgehead atoms. The SMILES string of the molecule is CC[C@H](C(=O)c1ccccc1)[C@@H]1[C@@H](C(=O)OC)C(=O)OC1(C)C. The molecule has 1 aliphatic heterocycles. The van der Waals surface area contributed by atoms with Gasteiger partial charge < -0.3 is 9.47 Å². The van der Waals surface area contributed by atoms with Crippen molar-refractivity contribution in [3.63, 3.8) is 0 Å². The number of carbonyl (C=O) groups is 3. The fourth-order valence-corrected chi connectivity index (χ4v) is 3.44. The fraction of sp³-hybridized carbons (Fsp3) is 0.500. The highest BCUT2D eigenvalue weighted by molar-refractivity contribution is 6.01. The molecule has 1 aliphatic rings. The monoisotopic (exact) mass is 318 g/mol. The van der Waals surface area contributed by atoms with Crippen molar-refractivity contribution in [3.8, 4) is 0 Å². The first kappa shape index (κ1) is 17.2.